The van der Waals surface area contributed by atoms with Gasteiger partial charge in [0.25, 0.3) is 5.69 Å². The average Bonchev–Trinajstić information content (AvgIpc) is 1.88. The summed E-state index contributed by atoms with van der Waals surface area (Å²) in [7, 11) is 0. The quantitative estimate of drug-likeness (QED) is 0.453. The van der Waals surface area contributed by atoms with Gasteiger partial charge < -0.3 is 5.11 Å². The predicted octanol–water partition coefficient (Wildman–Crippen LogP) is 0.496. The summed E-state index contributed by atoms with van der Waals surface area (Å²) in [6.07, 6.45) is 1.14. The molecule has 1 aromatic heterocycles. The zero-order valence-electron chi connectivity index (χ0n) is 4.81. The third-order valence-electron chi connectivity index (χ3n) is 0.866. The summed E-state index contributed by atoms with van der Waals surface area (Å²) in [5.41, 5.74) is -0.285. The van der Waals surface area contributed by atoms with Gasteiger partial charge in [-0.05, 0) is 0 Å². The number of aromatic hydroxyl groups is 1. The molecule has 1 aromatic rings. The highest BCUT2D eigenvalue weighted by atomic mass is 16.6. The van der Waals surface area contributed by atoms with E-state index in [4.69, 9.17) is 5.11 Å². The monoisotopic (exact) mass is 139 g/mol. The number of hydrogen-bond acceptors (Lipinski definition) is 4. The molecule has 0 amide bonds. The Bertz CT molecular complexity index is 261. The molecule has 51 valence electrons. The lowest BCUT2D eigenvalue weighted by Crippen LogP contribution is -1.87. The molecule has 1 N–H and O–H groups in total. The first kappa shape index (κ1) is 6.47. The van der Waals surface area contributed by atoms with Gasteiger partial charge in [0.1, 0.15) is 6.07 Å². The zero-order valence-corrected chi connectivity index (χ0v) is 4.81. The molecule has 0 atom stereocenters. The van der Waals surface area contributed by atoms with Crippen LogP contribution in [0.5, 0.6) is 5.88 Å². The summed E-state index contributed by atoms with van der Waals surface area (Å²) in [6.45, 7) is 0. The SMILES string of the molecule is O=[N+]([O-])c1[c]c(O)ncc1. The van der Waals surface area contributed by atoms with Crippen LogP contribution in [-0.2, 0) is 0 Å². The Balaban J connectivity index is 3.07. The van der Waals surface area contributed by atoms with Crippen LogP contribution >= 0.6 is 0 Å². The molecule has 0 bridgehead atoms. The minimum Gasteiger partial charge on any atom is -0.493 e. The van der Waals surface area contributed by atoms with Crippen LogP contribution in [0.2, 0.25) is 0 Å². The molecule has 1 heterocycles. The Labute approximate surface area is 56.1 Å². The second-order valence-corrected chi connectivity index (χ2v) is 1.54. The molecular weight excluding hydrogens is 136 g/mol. The molecule has 1 rings (SSSR count). The van der Waals surface area contributed by atoms with E-state index >= 15 is 0 Å². The summed E-state index contributed by atoms with van der Waals surface area (Å²) >= 11 is 0. The van der Waals surface area contributed by atoms with E-state index in [2.05, 4.69) is 11.1 Å². The molecule has 5 heteroatoms. The highest BCUT2D eigenvalue weighted by Crippen LogP contribution is 2.12. The smallest absolute Gasteiger partial charge is 0.284 e. The normalized spacial score (nSPS) is 9.20. The van der Waals surface area contributed by atoms with Crippen LogP contribution in [0.1, 0.15) is 0 Å². The average molecular weight is 139 g/mol. The molecule has 0 aliphatic heterocycles. The van der Waals surface area contributed by atoms with Crippen molar-refractivity contribution in [2.75, 3.05) is 0 Å². The molecule has 0 aliphatic carbocycles. The Kier molecular flexibility index (Phi) is 1.49. The number of rotatable bonds is 1. The zero-order chi connectivity index (χ0) is 7.56. The van der Waals surface area contributed by atoms with E-state index < -0.39 is 10.8 Å². The maximum Gasteiger partial charge on any atom is 0.284 e. The van der Waals surface area contributed by atoms with Crippen molar-refractivity contribution in [2.45, 2.75) is 0 Å². The minimum absolute atomic E-state index is 0.285. The summed E-state index contributed by atoms with van der Waals surface area (Å²) in [5, 5.41) is 18.6. The van der Waals surface area contributed by atoms with Crippen LogP contribution in [-0.4, -0.2) is 15.0 Å². The molecular formula is C5H3N2O3. The Morgan fingerprint density at radius 1 is 1.80 bits per heavy atom. The minimum atomic E-state index is -0.651. The van der Waals surface area contributed by atoms with E-state index in [-0.39, 0.29) is 5.69 Å². The van der Waals surface area contributed by atoms with Gasteiger partial charge in [-0.3, -0.25) is 10.1 Å². The Morgan fingerprint density at radius 2 is 2.50 bits per heavy atom. The fraction of sp³-hybridized carbons (Fsp3) is 0. The van der Waals surface area contributed by atoms with E-state index in [9.17, 15) is 10.1 Å². The van der Waals surface area contributed by atoms with Crippen molar-refractivity contribution in [2.24, 2.45) is 0 Å². The van der Waals surface area contributed by atoms with Crippen molar-refractivity contribution in [3.8, 4) is 5.88 Å². The van der Waals surface area contributed by atoms with E-state index in [1.54, 1.807) is 0 Å². The fourth-order valence-corrected chi connectivity index (χ4v) is 0.473. The molecule has 10 heavy (non-hydrogen) atoms. The van der Waals surface area contributed by atoms with Crippen molar-refractivity contribution < 1.29 is 10.0 Å². The maximum atomic E-state index is 9.99. The van der Waals surface area contributed by atoms with Crippen LogP contribution in [0.15, 0.2) is 12.3 Å². The van der Waals surface area contributed by atoms with Crippen LogP contribution in [0, 0.1) is 16.2 Å². The van der Waals surface area contributed by atoms with Gasteiger partial charge in [0.05, 0.1) is 4.92 Å². The van der Waals surface area contributed by atoms with E-state index in [0.29, 0.717) is 0 Å². The van der Waals surface area contributed by atoms with Crippen LogP contribution in [0.3, 0.4) is 0 Å². The predicted molar refractivity (Wildman–Crippen MR) is 31.4 cm³/mol. The lowest BCUT2D eigenvalue weighted by molar-refractivity contribution is -0.385. The van der Waals surface area contributed by atoms with Crippen LogP contribution in [0.4, 0.5) is 5.69 Å². The molecule has 0 saturated carbocycles. The standard InChI is InChI=1S/C5H3N2O3/c8-5-3-4(7(9)10)1-2-6-5/h1-2H,(H,6,8). The molecule has 0 fully saturated rings. The second-order valence-electron chi connectivity index (χ2n) is 1.54. The highest BCUT2D eigenvalue weighted by Gasteiger charge is 2.05. The van der Waals surface area contributed by atoms with Crippen LogP contribution in [0.25, 0.3) is 0 Å². The van der Waals surface area contributed by atoms with Gasteiger partial charge in [0, 0.05) is 12.3 Å². The van der Waals surface area contributed by atoms with Crippen molar-refractivity contribution in [1.29, 1.82) is 0 Å². The second kappa shape index (κ2) is 2.30. The topological polar surface area (TPSA) is 76.3 Å². The van der Waals surface area contributed by atoms with Gasteiger partial charge in [-0.25, -0.2) is 4.98 Å². The first-order chi connectivity index (χ1) is 4.70. The number of hydrogen-bond donors (Lipinski definition) is 1. The van der Waals surface area contributed by atoms with Gasteiger partial charge in [0.2, 0.25) is 5.88 Å². The number of nitrogens with zero attached hydrogens (tertiary/aromatic N) is 2. The molecule has 1 radical (unpaired) electrons. The summed E-state index contributed by atoms with van der Waals surface area (Å²) in [6, 6.07) is 3.20. The molecule has 0 saturated heterocycles. The highest BCUT2D eigenvalue weighted by molar-refractivity contribution is 5.29. The van der Waals surface area contributed by atoms with Gasteiger partial charge >= 0.3 is 0 Å². The number of pyridine rings is 1. The van der Waals surface area contributed by atoms with Gasteiger partial charge in [-0.15, -0.1) is 0 Å². The first-order valence-electron chi connectivity index (χ1n) is 2.42. The third-order valence-corrected chi connectivity index (χ3v) is 0.866. The number of aromatic nitrogens is 1. The van der Waals surface area contributed by atoms with Crippen molar-refractivity contribution in [3.05, 3.63) is 28.4 Å². The van der Waals surface area contributed by atoms with Crippen molar-refractivity contribution in [1.82, 2.24) is 4.98 Å². The van der Waals surface area contributed by atoms with Gasteiger partial charge in [-0.2, -0.15) is 0 Å². The Morgan fingerprint density at radius 3 is 2.90 bits per heavy atom. The maximum absolute atomic E-state index is 9.99. The largest absolute Gasteiger partial charge is 0.493 e. The summed E-state index contributed by atoms with van der Waals surface area (Å²) in [5.74, 6) is -0.464. The molecule has 0 spiro atoms. The van der Waals surface area contributed by atoms with E-state index in [0.717, 1.165) is 12.3 Å². The lowest BCUT2D eigenvalue weighted by atomic mass is 10.4. The van der Waals surface area contributed by atoms with E-state index in [1.807, 2.05) is 0 Å². The van der Waals surface area contributed by atoms with Crippen molar-refractivity contribution >= 4 is 5.69 Å². The van der Waals surface area contributed by atoms with Crippen LogP contribution < -0.4 is 0 Å². The fourth-order valence-electron chi connectivity index (χ4n) is 0.473. The lowest BCUT2D eigenvalue weighted by Gasteiger charge is -1.88. The first-order valence-corrected chi connectivity index (χ1v) is 2.42. The van der Waals surface area contributed by atoms with Crippen molar-refractivity contribution in [3.63, 3.8) is 0 Å². The Hall–Kier alpha value is -1.65. The van der Waals surface area contributed by atoms with Gasteiger partial charge in [-0.1, -0.05) is 0 Å². The molecule has 0 unspecified atom stereocenters. The molecule has 0 aliphatic rings. The number of nitro groups is 1. The third kappa shape index (κ3) is 1.19. The molecule has 5 nitrogen and oxygen atoms in total. The van der Waals surface area contributed by atoms with Gasteiger partial charge in [0.15, 0.2) is 0 Å². The molecule has 0 aromatic carbocycles. The summed E-state index contributed by atoms with van der Waals surface area (Å²) < 4.78 is 0. The van der Waals surface area contributed by atoms with E-state index in [1.165, 1.54) is 0 Å². The summed E-state index contributed by atoms with van der Waals surface area (Å²) in [4.78, 5) is 12.7.